The summed E-state index contributed by atoms with van der Waals surface area (Å²) >= 11 is 0. The molecule has 5 unspecified atom stereocenters. The summed E-state index contributed by atoms with van der Waals surface area (Å²) in [4.78, 5) is 18.1. The molecule has 2 aromatic rings. The molecule has 0 aliphatic carbocycles. The van der Waals surface area contributed by atoms with Crippen LogP contribution in [0.2, 0.25) is 0 Å². The number of nitrogens with one attached hydrogen (secondary N) is 1. The Morgan fingerprint density at radius 3 is 2.45 bits per heavy atom. The zero-order valence-electron chi connectivity index (χ0n) is 20.0. The lowest BCUT2D eigenvalue weighted by Crippen LogP contribution is -2.59. The van der Waals surface area contributed by atoms with E-state index in [1.807, 2.05) is 45.9 Å². The molecule has 3 aliphatic heterocycles. The van der Waals surface area contributed by atoms with Gasteiger partial charge in [0.2, 0.25) is 0 Å². The van der Waals surface area contributed by atoms with E-state index in [0.29, 0.717) is 5.92 Å². The first-order chi connectivity index (χ1) is 15.5. The van der Waals surface area contributed by atoms with Gasteiger partial charge in [0.1, 0.15) is 24.1 Å². The second kappa shape index (κ2) is 8.02. The number of hydrogen-bond donors (Lipinski definition) is 1. The van der Waals surface area contributed by atoms with Crippen molar-refractivity contribution in [3.8, 4) is 0 Å². The molecule has 33 heavy (non-hydrogen) atoms. The number of benzene rings is 1. The Balaban J connectivity index is 1.36. The van der Waals surface area contributed by atoms with Crippen LogP contribution in [0.5, 0.6) is 0 Å². The van der Waals surface area contributed by atoms with Crippen molar-refractivity contribution in [3.63, 3.8) is 0 Å². The van der Waals surface area contributed by atoms with Gasteiger partial charge in [-0.25, -0.2) is 4.98 Å². The number of para-hydroxylation sites is 2. The van der Waals surface area contributed by atoms with Crippen LogP contribution in [0.1, 0.15) is 47.4 Å². The number of fused-ring (bicyclic) bond motifs is 4. The Morgan fingerprint density at radius 1 is 1.03 bits per heavy atom. The average molecular weight is 460 g/mol. The maximum atomic E-state index is 13.3. The molecule has 3 saturated heterocycles. The maximum Gasteiger partial charge on any atom is 0.252 e. The summed E-state index contributed by atoms with van der Waals surface area (Å²) in [5.41, 5.74) is 1.97. The normalized spacial score (nSPS) is 32.2. The molecular formula is C24H33N3O6. The lowest BCUT2D eigenvalue weighted by Gasteiger charge is -2.36. The number of amides is 1. The highest BCUT2D eigenvalue weighted by molar-refractivity contribution is 5.82. The van der Waals surface area contributed by atoms with Gasteiger partial charge in [-0.3, -0.25) is 4.79 Å². The third-order valence-electron chi connectivity index (χ3n) is 6.12. The fourth-order valence-corrected chi connectivity index (χ4v) is 4.92. The van der Waals surface area contributed by atoms with Gasteiger partial charge in [0, 0.05) is 6.54 Å². The van der Waals surface area contributed by atoms with Crippen LogP contribution in [0.4, 0.5) is 0 Å². The first kappa shape index (κ1) is 22.7. The predicted molar refractivity (Wildman–Crippen MR) is 119 cm³/mol. The lowest BCUT2D eigenvalue weighted by molar-refractivity contribution is -0.231. The van der Waals surface area contributed by atoms with Gasteiger partial charge in [0.25, 0.3) is 5.91 Å². The van der Waals surface area contributed by atoms with E-state index in [-0.39, 0.29) is 12.5 Å². The van der Waals surface area contributed by atoms with Crippen LogP contribution < -0.4 is 5.32 Å². The second-order valence-corrected chi connectivity index (χ2v) is 10.3. The summed E-state index contributed by atoms with van der Waals surface area (Å²) in [5, 5.41) is 3.00. The number of hydrogen-bond acceptors (Lipinski definition) is 7. The molecule has 1 aromatic heterocycles. The van der Waals surface area contributed by atoms with Crippen LogP contribution in [0.3, 0.4) is 0 Å². The highest BCUT2D eigenvalue weighted by atomic mass is 16.9. The Hall–Kier alpha value is -2.04. The fraction of sp³-hybridized carbons (Fsp3) is 0.667. The lowest BCUT2D eigenvalue weighted by atomic mass is 9.98. The van der Waals surface area contributed by atoms with Crippen LogP contribution in [0.25, 0.3) is 11.0 Å². The third-order valence-corrected chi connectivity index (χ3v) is 6.12. The standard InChI is InChI=1S/C24H33N3O6/c1-13(2)12-27-15-10-8-7-9-14(15)26-16(27)11-25-21(28)19-17-18(31-23(3,4)30-17)20-22(29-19)33-24(5,6)32-20/h7-10,13,17-20,22H,11-12H2,1-6H3,(H,25,28). The zero-order valence-corrected chi connectivity index (χ0v) is 20.0. The average Bonchev–Trinajstić information content (AvgIpc) is 3.34. The molecule has 9 nitrogen and oxygen atoms in total. The van der Waals surface area contributed by atoms with Gasteiger partial charge in [-0.1, -0.05) is 26.0 Å². The van der Waals surface area contributed by atoms with Gasteiger partial charge in [0.05, 0.1) is 17.6 Å². The number of ether oxygens (including phenoxy) is 5. The molecule has 5 rings (SSSR count). The summed E-state index contributed by atoms with van der Waals surface area (Å²) in [6, 6.07) is 8.00. The molecule has 180 valence electrons. The largest absolute Gasteiger partial charge is 0.347 e. The topological polar surface area (TPSA) is 93.1 Å². The number of aromatic nitrogens is 2. The molecule has 3 fully saturated rings. The summed E-state index contributed by atoms with van der Waals surface area (Å²) in [6.07, 6.45) is -3.14. The van der Waals surface area contributed by atoms with Crippen molar-refractivity contribution < 1.29 is 28.5 Å². The van der Waals surface area contributed by atoms with Gasteiger partial charge in [-0.05, 0) is 45.7 Å². The van der Waals surface area contributed by atoms with Crippen LogP contribution in [0.15, 0.2) is 24.3 Å². The van der Waals surface area contributed by atoms with Crippen LogP contribution >= 0.6 is 0 Å². The van der Waals surface area contributed by atoms with Crippen LogP contribution in [-0.2, 0) is 41.6 Å². The van der Waals surface area contributed by atoms with Crippen molar-refractivity contribution in [2.45, 2.75) is 96.9 Å². The van der Waals surface area contributed by atoms with E-state index in [1.165, 1.54) is 0 Å². The molecule has 0 spiro atoms. The van der Waals surface area contributed by atoms with Crippen molar-refractivity contribution in [2.24, 2.45) is 5.92 Å². The highest BCUT2D eigenvalue weighted by Crippen LogP contribution is 2.44. The first-order valence-corrected chi connectivity index (χ1v) is 11.6. The van der Waals surface area contributed by atoms with E-state index in [4.69, 9.17) is 28.7 Å². The molecule has 0 saturated carbocycles. The van der Waals surface area contributed by atoms with Gasteiger partial charge < -0.3 is 33.6 Å². The molecule has 4 heterocycles. The quantitative estimate of drug-likeness (QED) is 0.735. The maximum absolute atomic E-state index is 13.3. The summed E-state index contributed by atoms with van der Waals surface area (Å²) < 4.78 is 32.3. The van der Waals surface area contributed by atoms with Gasteiger partial charge >= 0.3 is 0 Å². The monoisotopic (exact) mass is 459 g/mol. The number of carbonyl (C=O) groups is 1. The smallest absolute Gasteiger partial charge is 0.252 e. The molecule has 9 heteroatoms. The van der Waals surface area contributed by atoms with Crippen LogP contribution in [0, 0.1) is 5.92 Å². The fourth-order valence-electron chi connectivity index (χ4n) is 4.92. The Labute approximate surface area is 193 Å². The first-order valence-electron chi connectivity index (χ1n) is 11.6. The number of rotatable bonds is 5. The van der Waals surface area contributed by atoms with Crippen molar-refractivity contribution in [2.75, 3.05) is 0 Å². The van der Waals surface area contributed by atoms with E-state index in [2.05, 4.69) is 29.8 Å². The summed E-state index contributed by atoms with van der Waals surface area (Å²) in [6.45, 7) is 12.7. The molecular weight excluding hydrogens is 426 g/mol. The Bertz CT molecular complexity index is 1050. The minimum Gasteiger partial charge on any atom is -0.347 e. The van der Waals surface area contributed by atoms with Crippen molar-refractivity contribution >= 4 is 16.9 Å². The van der Waals surface area contributed by atoms with Crippen molar-refractivity contribution in [1.82, 2.24) is 14.9 Å². The number of imidazole rings is 1. The minimum absolute atomic E-state index is 0.276. The van der Waals surface area contributed by atoms with Crippen molar-refractivity contribution in [1.29, 1.82) is 0 Å². The highest BCUT2D eigenvalue weighted by Gasteiger charge is 2.62. The summed E-state index contributed by atoms with van der Waals surface area (Å²) in [5.74, 6) is -0.739. The molecule has 1 aromatic carbocycles. The predicted octanol–water partition coefficient (Wildman–Crippen LogP) is 2.71. The Morgan fingerprint density at radius 2 is 1.70 bits per heavy atom. The molecule has 0 radical (unpaired) electrons. The molecule has 1 N–H and O–H groups in total. The molecule has 0 bridgehead atoms. The van der Waals surface area contributed by atoms with Gasteiger partial charge in [-0.15, -0.1) is 0 Å². The molecule has 5 atom stereocenters. The van der Waals surface area contributed by atoms with Gasteiger partial charge in [-0.2, -0.15) is 0 Å². The zero-order chi connectivity index (χ0) is 23.5. The minimum atomic E-state index is -0.890. The second-order valence-electron chi connectivity index (χ2n) is 10.3. The Kier molecular flexibility index (Phi) is 5.53. The van der Waals surface area contributed by atoms with E-state index >= 15 is 0 Å². The van der Waals surface area contributed by atoms with E-state index < -0.39 is 42.3 Å². The summed E-state index contributed by atoms with van der Waals surface area (Å²) in [7, 11) is 0. The number of carbonyl (C=O) groups excluding carboxylic acids is 1. The number of nitrogens with zero attached hydrogens (tertiary/aromatic N) is 2. The van der Waals surface area contributed by atoms with Gasteiger partial charge in [0.15, 0.2) is 24.0 Å². The van der Waals surface area contributed by atoms with E-state index in [9.17, 15) is 4.79 Å². The molecule has 3 aliphatic rings. The van der Waals surface area contributed by atoms with E-state index in [0.717, 1.165) is 23.4 Å². The SMILES string of the molecule is CC(C)Cn1c(CNC(=O)C2OC3OC(C)(C)OC3C3OC(C)(C)OC23)nc2ccccc21. The van der Waals surface area contributed by atoms with Crippen molar-refractivity contribution in [3.05, 3.63) is 30.1 Å². The van der Waals surface area contributed by atoms with Crippen LogP contribution in [-0.4, -0.2) is 57.7 Å². The third kappa shape index (κ3) is 4.28. The molecule has 1 amide bonds. The van der Waals surface area contributed by atoms with E-state index in [1.54, 1.807) is 0 Å².